The van der Waals surface area contributed by atoms with Crippen LogP contribution in [0.1, 0.15) is 24.8 Å². The highest BCUT2D eigenvalue weighted by atomic mass is 35.5. The van der Waals surface area contributed by atoms with E-state index in [1.165, 1.54) is 12.0 Å². The molecule has 0 saturated heterocycles. The van der Waals surface area contributed by atoms with Crippen LogP contribution >= 0.6 is 11.6 Å². The summed E-state index contributed by atoms with van der Waals surface area (Å²) in [4.78, 5) is 0. The van der Waals surface area contributed by atoms with Gasteiger partial charge in [-0.3, -0.25) is 0 Å². The third-order valence-electron chi connectivity index (χ3n) is 2.79. The van der Waals surface area contributed by atoms with E-state index in [-0.39, 0.29) is 0 Å². The number of halogens is 1. The molecular formula is C11H14ClN. The van der Waals surface area contributed by atoms with Crippen molar-refractivity contribution in [3.05, 3.63) is 34.9 Å². The Hall–Kier alpha value is -0.530. The van der Waals surface area contributed by atoms with Crippen molar-refractivity contribution in [2.24, 2.45) is 11.7 Å². The van der Waals surface area contributed by atoms with Gasteiger partial charge in [-0.25, -0.2) is 0 Å². The SMILES string of the molecule is C[C@H](N)[C@@H]1C[C@@H]1c1cccc(Cl)c1. The van der Waals surface area contributed by atoms with Gasteiger partial charge in [-0.05, 0) is 42.9 Å². The number of nitrogens with two attached hydrogens (primary N) is 1. The van der Waals surface area contributed by atoms with E-state index >= 15 is 0 Å². The van der Waals surface area contributed by atoms with E-state index in [1.807, 2.05) is 12.1 Å². The zero-order valence-corrected chi connectivity index (χ0v) is 8.46. The Bertz CT molecular complexity index is 309. The molecule has 0 bridgehead atoms. The molecule has 1 aliphatic carbocycles. The second-order valence-electron chi connectivity index (χ2n) is 3.92. The second-order valence-corrected chi connectivity index (χ2v) is 4.36. The van der Waals surface area contributed by atoms with Crippen molar-refractivity contribution < 1.29 is 0 Å². The second kappa shape index (κ2) is 3.32. The zero-order valence-electron chi connectivity index (χ0n) is 7.70. The molecule has 1 aromatic carbocycles. The average molecular weight is 196 g/mol. The molecule has 1 fully saturated rings. The van der Waals surface area contributed by atoms with E-state index < -0.39 is 0 Å². The van der Waals surface area contributed by atoms with Crippen LogP contribution in [-0.2, 0) is 0 Å². The molecule has 70 valence electrons. The smallest absolute Gasteiger partial charge is 0.0408 e. The monoisotopic (exact) mass is 195 g/mol. The van der Waals surface area contributed by atoms with E-state index in [0.29, 0.717) is 17.9 Å². The minimum atomic E-state index is 0.309. The maximum atomic E-state index is 5.91. The number of hydrogen-bond donors (Lipinski definition) is 1. The van der Waals surface area contributed by atoms with Crippen molar-refractivity contribution in [2.45, 2.75) is 25.3 Å². The number of rotatable bonds is 2. The van der Waals surface area contributed by atoms with Crippen molar-refractivity contribution in [2.75, 3.05) is 0 Å². The summed E-state index contributed by atoms with van der Waals surface area (Å²) in [5, 5.41) is 0.827. The molecule has 2 heteroatoms. The molecule has 3 atom stereocenters. The molecule has 0 spiro atoms. The minimum Gasteiger partial charge on any atom is -0.328 e. The van der Waals surface area contributed by atoms with Gasteiger partial charge in [-0.2, -0.15) is 0 Å². The van der Waals surface area contributed by atoms with Crippen LogP contribution in [0.25, 0.3) is 0 Å². The van der Waals surface area contributed by atoms with Crippen molar-refractivity contribution in [3.63, 3.8) is 0 Å². The average Bonchev–Trinajstić information content (AvgIpc) is 2.82. The van der Waals surface area contributed by atoms with E-state index in [2.05, 4.69) is 19.1 Å². The summed E-state index contributed by atoms with van der Waals surface area (Å²) in [6.45, 7) is 2.08. The Morgan fingerprint density at radius 3 is 2.85 bits per heavy atom. The van der Waals surface area contributed by atoms with Gasteiger partial charge >= 0.3 is 0 Å². The highest BCUT2D eigenvalue weighted by Gasteiger charge is 2.40. The van der Waals surface area contributed by atoms with Crippen molar-refractivity contribution >= 4 is 11.6 Å². The van der Waals surface area contributed by atoms with Crippen LogP contribution in [-0.4, -0.2) is 6.04 Å². The largest absolute Gasteiger partial charge is 0.328 e. The fraction of sp³-hybridized carbons (Fsp3) is 0.455. The third kappa shape index (κ3) is 1.87. The highest BCUT2D eigenvalue weighted by Crippen LogP contribution is 2.49. The Balaban J connectivity index is 2.12. The Labute approximate surface area is 83.9 Å². The quantitative estimate of drug-likeness (QED) is 0.772. The summed E-state index contributed by atoms with van der Waals surface area (Å²) in [5.74, 6) is 1.32. The molecule has 1 nitrogen and oxygen atoms in total. The molecule has 2 rings (SSSR count). The first kappa shape index (κ1) is 9.04. The molecule has 0 amide bonds. The molecule has 0 aromatic heterocycles. The van der Waals surface area contributed by atoms with E-state index in [1.54, 1.807) is 0 Å². The van der Waals surface area contributed by atoms with Crippen molar-refractivity contribution in [3.8, 4) is 0 Å². The Kier molecular flexibility index (Phi) is 2.31. The van der Waals surface area contributed by atoms with E-state index in [9.17, 15) is 0 Å². The lowest BCUT2D eigenvalue weighted by Crippen LogP contribution is -2.17. The summed E-state index contributed by atoms with van der Waals surface area (Å²) >= 11 is 5.91. The van der Waals surface area contributed by atoms with Gasteiger partial charge in [0, 0.05) is 11.1 Å². The van der Waals surface area contributed by atoms with Gasteiger partial charge in [0.2, 0.25) is 0 Å². The van der Waals surface area contributed by atoms with Crippen LogP contribution in [0.15, 0.2) is 24.3 Å². The molecule has 13 heavy (non-hydrogen) atoms. The van der Waals surface area contributed by atoms with Crippen LogP contribution in [0.5, 0.6) is 0 Å². The van der Waals surface area contributed by atoms with E-state index in [0.717, 1.165) is 5.02 Å². The molecular weight excluding hydrogens is 182 g/mol. The summed E-state index contributed by atoms with van der Waals surface area (Å²) in [5.41, 5.74) is 7.17. The van der Waals surface area contributed by atoms with E-state index in [4.69, 9.17) is 17.3 Å². The minimum absolute atomic E-state index is 0.309. The standard InChI is InChI=1S/C11H14ClN/c1-7(13)10-6-11(10)8-3-2-4-9(12)5-8/h2-5,7,10-11H,6,13H2,1H3/t7-,10-,11+/m0/s1. The molecule has 0 heterocycles. The maximum Gasteiger partial charge on any atom is 0.0408 e. The van der Waals surface area contributed by atoms with Crippen LogP contribution in [0, 0.1) is 5.92 Å². The predicted octanol–water partition coefficient (Wildman–Crippen LogP) is 2.79. The first-order valence-electron chi connectivity index (χ1n) is 4.69. The lowest BCUT2D eigenvalue weighted by Gasteiger charge is -2.03. The summed E-state index contributed by atoms with van der Waals surface area (Å²) < 4.78 is 0. The Morgan fingerprint density at radius 1 is 1.54 bits per heavy atom. The van der Waals surface area contributed by atoms with Gasteiger partial charge in [-0.15, -0.1) is 0 Å². The molecule has 0 radical (unpaired) electrons. The number of benzene rings is 1. The fourth-order valence-corrected chi connectivity index (χ4v) is 2.11. The highest BCUT2D eigenvalue weighted by molar-refractivity contribution is 6.30. The van der Waals surface area contributed by atoms with Gasteiger partial charge in [0.05, 0.1) is 0 Å². The molecule has 1 saturated carbocycles. The molecule has 1 aliphatic rings. The normalized spacial score (nSPS) is 28.5. The lowest BCUT2D eigenvalue weighted by atomic mass is 10.1. The summed E-state index contributed by atoms with van der Waals surface area (Å²) in [7, 11) is 0. The molecule has 2 N–H and O–H groups in total. The third-order valence-corrected chi connectivity index (χ3v) is 3.03. The van der Waals surface area contributed by atoms with Gasteiger partial charge in [0.15, 0.2) is 0 Å². The van der Waals surface area contributed by atoms with Gasteiger partial charge in [-0.1, -0.05) is 23.7 Å². The number of hydrogen-bond acceptors (Lipinski definition) is 1. The topological polar surface area (TPSA) is 26.0 Å². The molecule has 0 aliphatic heterocycles. The zero-order chi connectivity index (χ0) is 9.42. The summed E-state index contributed by atoms with van der Waals surface area (Å²) in [6, 6.07) is 8.42. The van der Waals surface area contributed by atoms with Crippen molar-refractivity contribution in [1.82, 2.24) is 0 Å². The fourth-order valence-electron chi connectivity index (χ4n) is 1.92. The lowest BCUT2D eigenvalue weighted by molar-refractivity contribution is 0.631. The van der Waals surface area contributed by atoms with Gasteiger partial charge in [0.25, 0.3) is 0 Å². The summed E-state index contributed by atoms with van der Waals surface area (Å²) in [6.07, 6.45) is 1.22. The van der Waals surface area contributed by atoms with Crippen molar-refractivity contribution in [1.29, 1.82) is 0 Å². The van der Waals surface area contributed by atoms with Gasteiger partial charge in [0.1, 0.15) is 0 Å². The van der Waals surface area contributed by atoms with Crippen LogP contribution in [0.4, 0.5) is 0 Å². The van der Waals surface area contributed by atoms with Crippen LogP contribution in [0.2, 0.25) is 5.02 Å². The molecule has 1 aromatic rings. The Morgan fingerprint density at radius 2 is 2.31 bits per heavy atom. The molecule has 0 unspecified atom stereocenters. The van der Waals surface area contributed by atoms with Crippen LogP contribution < -0.4 is 5.73 Å². The maximum absolute atomic E-state index is 5.91. The predicted molar refractivity (Wildman–Crippen MR) is 55.9 cm³/mol. The van der Waals surface area contributed by atoms with Gasteiger partial charge < -0.3 is 5.73 Å². The first-order chi connectivity index (χ1) is 6.18. The first-order valence-corrected chi connectivity index (χ1v) is 5.07. The van der Waals surface area contributed by atoms with Crippen LogP contribution in [0.3, 0.4) is 0 Å².